The maximum atomic E-state index is 12.7. The van der Waals surface area contributed by atoms with Crippen LogP contribution in [0.4, 0.5) is 0 Å². The summed E-state index contributed by atoms with van der Waals surface area (Å²) in [7, 11) is 0. The van der Waals surface area contributed by atoms with Crippen molar-refractivity contribution in [3.63, 3.8) is 0 Å². The van der Waals surface area contributed by atoms with Crippen LogP contribution in [-0.2, 0) is 9.53 Å². The van der Waals surface area contributed by atoms with E-state index in [1.54, 1.807) is 36.4 Å². The summed E-state index contributed by atoms with van der Waals surface area (Å²) in [5.41, 5.74) is 1.17. The second-order valence-electron chi connectivity index (χ2n) is 5.60. The van der Waals surface area contributed by atoms with Gasteiger partial charge in [-0.15, -0.1) is 0 Å². The molecule has 3 heteroatoms. The highest BCUT2D eigenvalue weighted by Gasteiger charge is 2.30. The van der Waals surface area contributed by atoms with E-state index in [1.807, 2.05) is 38.1 Å². The molecular weight excluding hydrogens is 276 g/mol. The van der Waals surface area contributed by atoms with Gasteiger partial charge in [0.1, 0.15) is 5.92 Å². The highest BCUT2D eigenvalue weighted by atomic mass is 16.5. The SMILES string of the molecule is CC(C)COC(=O)C(C(=O)c1ccccc1)c1ccccc1. The Morgan fingerprint density at radius 1 is 0.909 bits per heavy atom. The van der Waals surface area contributed by atoms with E-state index in [0.717, 1.165) is 0 Å². The standard InChI is InChI=1S/C19H20O3/c1-14(2)13-22-19(21)17(15-9-5-3-6-10-15)18(20)16-11-7-4-8-12-16/h3-12,14,17H,13H2,1-2H3. The maximum absolute atomic E-state index is 12.7. The maximum Gasteiger partial charge on any atom is 0.321 e. The Morgan fingerprint density at radius 2 is 1.45 bits per heavy atom. The number of esters is 1. The van der Waals surface area contributed by atoms with Gasteiger partial charge in [0.2, 0.25) is 0 Å². The van der Waals surface area contributed by atoms with Gasteiger partial charge in [-0.25, -0.2) is 0 Å². The smallest absolute Gasteiger partial charge is 0.321 e. The number of hydrogen-bond acceptors (Lipinski definition) is 3. The third kappa shape index (κ3) is 4.04. The van der Waals surface area contributed by atoms with Crippen molar-refractivity contribution in [3.05, 3.63) is 71.8 Å². The third-order valence-corrected chi connectivity index (χ3v) is 3.25. The molecule has 114 valence electrons. The van der Waals surface area contributed by atoms with Gasteiger partial charge in [0.25, 0.3) is 0 Å². The van der Waals surface area contributed by atoms with E-state index < -0.39 is 11.9 Å². The van der Waals surface area contributed by atoms with Crippen LogP contribution in [0.3, 0.4) is 0 Å². The molecule has 0 aliphatic carbocycles. The fourth-order valence-corrected chi connectivity index (χ4v) is 2.14. The van der Waals surface area contributed by atoms with Gasteiger partial charge < -0.3 is 4.74 Å². The van der Waals surface area contributed by atoms with Crippen LogP contribution in [0.25, 0.3) is 0 Å². The second-order valence-corrected chi connectivity index (χ2v) is 5.60. The van der Waals surface area contributed by atoms with Gasteiger partial charge in [-0.3, -0.25) is 9.59 Å². The monoisotopic (exact) mass is 296 g/mol. The van der Waals surface area contributed by atoms with Gasteiger partial charge in [0, 0.05) is 5.56 Å². The Labute approximate surface area is 130 Å². The number of carbonyl (C=O) groups excluding carboxylic acids is 2. The zero-order chi connectivity index (χ0) is 15.9. The molecule has 1 atom stereocenters. The minimum atomic E-state index is -0.914. The van der Waals surface area contributed by atoms with Crippen LogP contribution in [0, 0.1) is 5.92 Å². The largest absolute Gasteiger partial charge is 0.465 e. The molecule has 1 unspecified atom stereocenters. The molecule has 0 aliphatic heterocycles. The van der Waals surface area contributed by atoms with Gasteiger partial charge in [0.05, 0.1) is 6.61 Å². The van der Waals surface area contributed by atoms with Crippen molar-refractivity contribution in [2.45, 2.75) is 19.8 Å². The normalized spacial score (nSPS) is 12.0. The molecular formula is C19H20O3. The minimum Gasteiger partial charge on any atom is -0.465 e. The van der Waals surface area contributed by atoms with E-state index in [4.69, 9.17) is 4.74 Å². The summed E-state index contributed by atoms with van der Waals surface area (Å²) in [5.74, 6) is -1.41. The van der Waals surface area contributed by atoms with Crippen LogP contribution in [0.15, 0.2) is 60.7 Å². The van der Waals surface area contributed by atoms with E-state index in [9.17, 15) is 9.59 Å². The lowest BCUT2D eigenvalue weighted by atomic mass is 9.90. The Kier molecular flexibility index (Phi) is 5.48. The van der Waals surface area contributed by atoms with Gasteiger partial charge in [-0.1, -0.05) is 74.5 Å². The highest BCUT2D eigenvalue weighted by Crippen LogP contribution is 2.23. The first-order valence-electron chi connectivity index (χ1n) is 7.40. The Morgan fingerprint density at radius 3 is 2.00 bits per heavy atom. The number of carbonyl (C=O) groups is 2. The van der Waals surface area contributed by atoms with Gasteiger partial charge >= 0.3 is 5.97 Å². The van der Waals surface area contributed by atoms with Crippen LogP contribution in [0.5, 0.6) is 0 Å². The number of ether oxygens (including phenoxy) is 1. The van der Waals surface area contributed by atoms with E-state index >= 15 is 0 Å². The molecule has 0 bridgehead atoms. The summed E-state index contributed by atoms with van der Waals surface area (Å²) in [5, 5.41) is 0. The van der Waals surface area contributed by atoms with Gasteiger partial charge in [-0.05, 0) is 11.5 Å². The zero-order valence-corrected chi connectivity index (χ0v) is 12.9. The summed E-state index contributed by atoms with van der Waals surface area (Å²) < 4.78 is 5.30. The number of hydrogen-bond donors (Lipinski definition) is 0. The van der Waals surface area contributed by atoms with Crippen LogP contribution in [-0.4, -0.2) is 18.4 Å². The van der Waals surface area contributed by atoms with E-state index in [0.29, 0.717) is 17.7 Å². The molecule has 0 fully saturated rings. The lowest BCUT2D eigenvalue weighted by Gasteiger charge is -2.16. The molecule has 0 radical (unpaired) electrons. The van der Waals surface area contributed by atoms with Crippen molar-refractivity contribution in [1.82, 2.24) is 0 Å². The lowest BCUT2D eigenvalue weighted by molar-refractivity contribution is -0.145. The predicted molar refractivity (Wildman–Crippen MR) is 85.8 cm³/mol. The summed E-state index contributed by atoms with van der Waals surface area (Å²) in [6.07, 6.45) is 0. The van der Waals surface area contributed by atoms with Crippen molar-refractivity contribution in [3.8, 4) is 0 Å². The lowest BCUT2D eigenvalue weighted by Crippen LogP contribution is -2.25. The number of rotatable bonds is 6. The second kappa shape index (κ2) is 7.55. The van der Waals surface area contributed by atoms with Crippen LogP contribution < -0.4 is 0 Å². The fourth-order valence-electron chi connectivity index (χ4n) is 2.14. The third-order valence-electron chi connectivity index (χ3n) is 3.25. The molecule has 0 saturated heterocycles. The zero-order valence-electron chi connectivity index (χ0n) is 12.9. The van der Waals surface area contributed by atoms with Crippen LogP contribution in [0.2, 0.25) is 0 Å². The van der Waals surface area contributed by atoms with Crippen molar-refractivity contribution < 1.29 is 14.3 Å². The molecule has 0 heterocycles. The Bertz CT molecular complexity index is 618. The molecule has 0 saturated carbocycles. The molecule has 3 nitrogen and oxygen atoms in total. The Hall–Kier alpha value is -2.42. The first kappa shape index (κ1) is 16.0. The summed E-state index contributed by atoms with van der Waals surface area (Å²) in [4.78, 5) is 25.2. The van der Waals surface area contributed by atoms with Crippen molar-refractivity contribution in [2.75, 3.05) is 6.61 Å². The number of Topliss-reactive ketones (excluding diaryl/α,β-unsaturated/α-hetero) is 1. The minimum absolute atomic E-state index is 0.229. The van der Waals surface area contributed by atoms with Crippen molar-refractivity contribution in [2.24, 2.45) is 5.92 Å². The summed E-state index contributed by atoms with van der Waals surface area (Å²) >= 11 is 0. The van der Waals surface area contributed by atoms with E-state index in [1.165, 1.54) is 0 Å². The molecule has 0 N–H and O–H groups in total. The molecule has 0 spiro atoms. The van der Waals surface area contributed by atoms with Crippen LogP contribution in [0.1, 0.15) is 35.7 Å². The molecule has 2 aromatic carbocycles. The fraction of sp³-hybridized carbons (Fsp3) is 0.263. The van der Waals surface area contributed by atoms with Crippen molar-refractivity contribution >= 4 is 11.8 Å². The van der Waals surface area contributed by atoms with Gasteiger partial charge in [0.15, 0.2) is 5.78 Å². The number of ketones is 1. The van der Waals surface area contributed by atoms with Gasteiger partial charge in [-0.2, -0.15) is 0 Å². The predicted octanol–water partition coefficient (Wildman–Crippen LogP) is 3.85. The first-order chi connectivity index (χ1) is 10.6. The average molecular weight is 296 g/mol. The average Bonchev–Trinajstić information content (AvgIpc) is 2.55. The topological polar surface area (TPSA) is 43.4 Å². The molecule has 2 rings (SSSR count). The van der Waals surface area contributed by atoms with Crippen LogP contribution >= 0.6 is 0 Å². The Balaban J connectivity index is 2.30. The summed E-state index contributed by atoms with van der Waals surface area (Å²) in [6, 6.07) is 17.9. The van der Waals surface area contributed by atoms with E-state index in [2.05, 4.69) is 0 Å². The van der Waals surface area contributed by atoms with E-state index in [-0.39, 0.29) is 11.7 Å². The molecule has 2 aromatic rings. The summed E-state index contributed by atoms with van der Waals surface area (Å²) in [6.45, 7) is 4.23. The molecule has 0 aromatic heterocycles. The molecule has 0 amide bonds. The molecule has 22 heavy (non-hydrogen) atoms. The molecule has 0 aliphatic rings. The number of benzene rings is 2. The first-order valence-corrected chi connectivity index (χ1v) is 7.40. The highest BCUT2D eigenvalue weighted by molar-refractivity contribution is 6.12. The van der Waals surface area contributed by atoms with Crippen molar-refractivity contribution in [1.29, 1.82) is 0 Å². The quantitative estimate of drug-likeness (QED) is 0.462.